The quantitative estimate of drug-likeness (QED) is 0.841. The van der Waals surface area contributed by atoms with Crippen LogP contribution in [0.2, 0.25) is 0 Å². The zero-order chi connectivity index (χ0) is 14.6. The Hall–Kier alpha value is -1.88. The Morgan fingerprint density at radius 1 is 1.24 bits per heavy atom. The topological polar surface area (TPSA) is 66.6 Å². The molecule has 1 aliphatic carbocycles. The van der Waals surface area contributed by atoms with Crippen molar-refractivity contribution in [2.45, 2.75) is 31.8 Å². The molecule has 21 heavy (non-hydrogen) atoms. The van der Waals surface area contributed by atoms with E-state index in [0.717, 1.165) is 24.9 Å². The number of carbonyl (C=O) groups is 2. The lowest BCUT2D eigenvalue weighted by atomic mass is 9.93. The number of carbonyl (C=O) groups excluding carboxylic acids is 2. The summed E-state index contributed by atoms with van der Waals surface area (Å²) in [5, 5.41) is 0. The monoisotopic (exact) mass is 285 g/mol. The van der Waals surface area contributed by atoms with Crippen LogP contribution in [-0.2, 0) is 11.3 Å². The summed E-state index contributed by atoms with van der Waals surface area (Å²) in [5.74, 6) is 0.841. The third-order valence-corrected chi connectivity index (χ3v) is 5.21. The number of benzene rings is 1. The van der Waals surface area contributed by atoms with Crippen molar-refractivity contribution in [2.24, 2.45) is 17.6 Å². The van der Waals surface area contributed by atoms with Gasteiger partial charge in [-0.15, -0.1) is 0 Å². The molecule has 0 bridgehead atoms. The third-order valence-electron chi connectivity index (χ3n) is 5.21. The fourth-order valence-corrected chi connectivity index (χ4v) is 4.23. The van der Waals surface area contributed by atoms with Crippen molar-refractivity contribution in [1.82, 2.24) is 4.90 Å². The molecule has 0 aromatic heterocycles. The maximum atomic E-state index is 12.8. The highest BCUT2D eigenvalue weighted by atomic mass is 16.2. The summed E-state index contributed by atoms with van der Waals surface area (Å²) < 4.78 is 0. The van der Waals surface area contributed by atoms with Gasteiger partial charge in [-0.05, 0) is 42.4 Å². The summed E-state index contributed by atoms with van der Waals surface area (Å²) >= 11 is 0. The number of nitrogens with zero attached hydrogens (tertiary/aromatic N) is 2. The summed E-state index contributed by atoms with van der Waals surface area (Å²) in [4.78, 5) is 28.5. The first-order valence-electron chi connectivity index (χ1n) is 7.64. The summed E-state index contributed by atoms with van der Waals surface area (Å²) in [6.45, 7) is 1.15. The van der Waals surface area contributed by atoms with E-state index in [4.69, 9.17) is 5.73 Å². The Bertz CT molecular complexity index is 615. The van der Waals surface area contributed by atoms with Crippen LogP contribution < -0.4 is 10.6 Å². The maximum absolute atomic E-state index is 12.8. The average molecular weight is 285 g/mol. The second-order valence-corrected chi connectivity index (χ2v) is 6.28. The molecule has 3 amide bonds. The number of hydrogen-bond donors (Lipinski definition) is 1. The van der Waals surface area contributed by atoms with Gasteiger partial charge in [-0.25, -0.2) is 9.69 Å². The molecule has 1 saturated carbocycles. The van der Waals surface area contributed by atoms with Crippen LogP contribution in [0.15, 0.2) is 24.3 Å². The Morgan fingerprint density at radius 3 is 2.90 bits per heavy atom. The van der Waals surface area contributed by atoms with Crippen molar-refractivity contribution in [3.63, 3.8) is 0 Å². The molecule has 2 saturated heterocycles. The van der Waals surface area contributed by atoms with Gasteiger partial charge in [0.15, 0.2) is 0 Å². The van der Waals surface area contributed by atoms with Crippen LogP contribution in [0.5, 0.6) is 0 Å². The first kappa shape index (κ1) is 12.8. The Kier molecular flexibility index (Phi) is 2.79. The van der Waals surface area contributed by atoms with Gasteiger partial charge in [0, 0.05) is 13.1 Å². The SMILES string of the molecule is NCc1cccc(N2C(=O)C3C4CCCC4CN3C2=O)c1. The number of urea groups is 1. The number of hydrogen-bond acceptors (Lipinski definition) is 3. The van der Waals surface area contributed by atoms with E-state index in [1.54, 1.807) is 4.90 Å². The van der Waals surface area contributed by atoms with Crippen LogP contribution >= 0.6 is 0 Å². The van der Waals surface area contributed by atoms with Crippen molar-refractivity contribution in [2.75, 3.05) is 11.4 Å². The molecule has 3 atom stereocenters. The molecule has 3 fully saturated rings. The number of amides is 3. The molecule has 0 spiro atoms. The summed E-state index contributed by atoms with van der Waals surface area (Å²) in [5.41, 5.74) is 7.23. The van der Waals surface area contributed by atoms with Crippen molar-refractivity contribution in [3.05, 3.63) is 29.8 Å². The van der Waals surface area contributed by atoms with E-state index in [1.807, 2.05) is 24.3 Å². The maximum Gasteiger partial charge on any atom is 0.332 e. The first-order chi connectivity index (χ1) is 10.2. The van der Waals surface area contributed by atoms with Crippen LogP contribution in [0.3, 0.4) is 0 Å². The number of imide groups is 1. The van der Waals surface area contributed by atoms with Crippen LogP contribution in [0.4, 0.5) is 10.5 Å². The van der Waals surface area contributed by atoms with Crippen LogP contribution in [-0.4, -0.2) is 29.4 Å². The Morgan fingerprint density at radius 2 is 2.10 bits per heavy atom. The van der Waals surface area contributed by atoms with Crippen molar-refractivity contribution < 1.29 is 9.59 Å². The van der Waals surface area contributed by atoms with E-state index < -0.39 is 0 Å². The zero-order valence-corrected chi connectivity index (χ0v) is 11.9. The summed E-state index contributed by atoms with van der Waals surface area (Å²) in [6.07, 6.45) is 3.41. The van der Waals surface area contributed by atoms with E-state index in [2.05, 4.69) is 0 Å². The fraction of sp³-hybridized carbons (Fsp3) is 0.500. The Balaban J connectivity index is 1.69. The first-order valence-corrected chi connectivity index (χ1v) is 7.64. The molecule has 0 radical (unpaired) electrons. The van der Waals surface area contributed by atoms with E-state index >= 15 is 0 Å². The summed E-state index contributed by atoms with van der Waals surface area (Å²) in [6, 6.07) is 7.01. The van der Waals surface area contributed by atoms with Crippen molar-refractivity contribution in [3.8, 4) is 0 Å². The predicted octanol–water partition coefficient (Wildman–Crippen LogP) is 1.71. The lowest BCUT2D eigenvalue weighted by molar-refractivity contribution is -0.120. The normalized spacial score (nSPS) is 31.0. The lowest BCUT2D eigenvalue weighted by Gasteiger charge is -2.18. The molecule has 2 aliphatic heterocycles. The average Bonchev–Trinajstić information content (AvgIpc) is 3.12. The van der Waals surface area contributed by atoms with E-state index in [0.29, 0.717) is 24.1 Å². The van der Waals surface area contributed by atoms with E-state index in [-0.39, 0.29) is 18.0 Å². The largest absolute Gasteiger partial charge is 0.332 e. The van der Waals surface area contributed by atoms with E-state index in [1.165, 1.54) is 11.3 Å². The molecule has 5 nitrogen and oxygen atoms in total. The van der Waals surface area contributed by atoms with Gasteiger partial charge >= 0.3 is 6.03 Å². The highest BCUT2D eigenvalue weighted by Gasteiger charge is 2.57. The van der Waals surface area contributed by atoms with E-state index in [9.17, 15) is 9.59 Å². The van der Waals surface area contributed by atoms with Crippen LogP contribution in [0.25, 0.3) is 0 Å². The minimum atomic E-state index is -0.230. The molecule has 5 heteroatoms. The number of rotatable bonds is 2. The molecular weight excluding hydrogens is 266 g/mol. The molecular formula is C16H19N3O2. The molecule has 110 valence electrons. The zero-order valence-electron chi connectivity index (χ0n) is 11.9. The van der Waals surface area contributed by atoms with Gasteiger partial charge in [-0.1, -0.05) is 18.6 Å². The van der Waals surface area contributed by atoms with Crippen LogP contribution in [0, 0.1) is 11.8 Å². The van der Waals surface area contributed by atoms with Gasteiger partial charge < -0.3 is 10.6 Å². The van der Waals surface area contributed by atoms with Crippen molar-refractivity contribution in [1.29, 1.82) is 0 Å². The second kappa shape index (κ2) is 4.56. The summed E-state index contributed by atoms with van der Waals surface area (Å²) in [7, 11) is 0. The molecule has 2 N–H and O–H groups in total. The van der Waals surface area contributed by atoms with Gasteiger partial charge in [0.25, 0.3) is 5.91 Å². The van der Waals surface area contributed by atoms with Crippen LogP contribution in [0.1, 0.15) is 24.8 Å². The number of fused-ring (bicyclic) bond motifs is 3. The predicted molar refractivity (Wildman–Crippen MR) is 78.5 cm³/mol. The van der Waals surface area contributed by atoms with Gasteiger partial charge in [0.2, 0.25) is 0 Å². The molecule has 3 unspecified atom stereocenters. The van der Waals surface area contributed by atoms with Gasteiger partial charge in [-0.2, -0.15) is 0 Å². The molecule has 1 aromatic rings. The van der Waals surface area contributed by atoms with Gasteiger partial charge in [0.1, 0.15) is 6.04 Å². The minimum absolute atomic E-state index is 0.0522. The highest BCUT2D eigenvalue weighted by Crippen LogP contribution is 2.46. The third kappa shape index (κ3) is 1.73. The second-order valence-electron chi connectivity index (χ2n) is 6.28. The smallest absolute Gasteiger partial charge is 0.326 e. The standard InChI is InChI=1S/C16H19N3O2/c17-8-10-3-1-5-12(7-10)19-15(20)14-13-6-2-4-11(13)9-18(14)16(19)21/h1,3,5,7,11,13-14H,2,4,6,8-9,17H2. The molecule has 4 rings (SSSR count). The number of nitrogens with two attached hydrogens (primary N) is 1. The van der Waals surface area contributed by atoms with Crippen molar-refractivity contribution >= 4 is 17.6 Å². The minimum Gasteiger partial charge on any atom is -0.326 e. The molecule has 1 aromatic carbocycles. The molecule has 2 heterocycles. The Labute approximate surface area is 123 Å². The highest BCUT2D eigenvalue weighted by molar-refractivity contribution is 6.21. The molecule has 3 aliphatic rings. The van der Waals surface area contributed by atoms with Gasteiger partial charge in [-0.3, -0.25) is 4.79 Å². The fourth-order valence-electron chi connectivity index (χ4n) is 4.23. The number of anilines is 1. The lowest BCUT2D eigenvalue weighted by Crippen LogP contribution is -2.35. The van der Waals surface area contributed by atoms with Gasteiger partial charge in [0.05, 0.1) is 5.69 Å².